The van der Waals surface area contributed by atoms with Crippen molar-refractivity contribution < 1.29 is 42.5 Å². The van der Waals surface area contributed by atoms with Crippen LogP contribution in [0.4, 0.5) is 5.69 Å². The molecule has 78 valence electrons. The van der Waals surface area contributed by atoms with Crippen molar-refractivity contribution in [3.05, 3.63) is 36.4 Å². The number of nitrogen functional groups attached to an aromatic ring is 1. The summed E-state index contributed by atoms with van der Waals surface area (Å²) in [6.45, 7) is 0. The SMILES string of the molecule is Nc1ccc2ccccc2c1S(=O)(=O)[O-].[Na+]. The maximum absolute atomic E-state index is 11.0. The van der Waals surface area contributed by atoms with Gasteiger partial charge in [-0.05, 0) is 11.5 Å². The summed E-state index contributed by atoms with van der Waals surface area (Å²) in [5.41, 5.74) is 5.48. The summed E-state index contributed by atoms with van der Waals surface area (Å²) >= 11 is 0. The Labute approximate surface area is 115 Å². The summed E-state index contributed by atoms with van der Waals surface area (Å²) in [6, 6.07) is 9.82. The molecule has 0 saturated heterocycles. The van der Waals surface area contributed by atoms with Crippen LogP contribution in [0.15, 0.2) is 41.3 Å². The monoisotopic (exact) mass is 245 g/mol. The average molecular weight is 245 g/mol. The first kappa shape index (κ1) is 13.5. The summed E-state index contributed by atoms with van der Waals surface area (Å²) in [5.74, 6) is 0. The molecule has 2 rings (SSSR count). The molecule has 0 aliphatic rings. The van der Waals surface area contributed by atoms with Gasteiger partial charge in [0.2, 0.25) is 0 Å². The standard InChI is InChI=1S/C10H9NO3S.Na/c11-9-6-5-7-3-1-2-4-8(7)10(9)15(12,13)14;/h1-6H,11H2,(H,12,13,14);/q;+1/p-1. The van der Waals surface area contributed by atoms with Gasteiger partial charge in [-0.15, -0.1) is 0 Å². The summed E-state index contributed by atoms with van der Waals surface area (Å²) in [5, 5.41) is 1.05. The Hall–Kier alpha value is -0.590. The summed E-state index contributed by atoms with van der Waals surface area (Å²) in [4.78, 5) is -0.333. The second-order valence-electron chi connectivity index (χ2n) is 3.16. The first-order valence-corrected chi connectivity index (χ1v) is 5.64. The third-order valence-corrected chi connectivity index (χ3v) is 3.12. The van der Waals surface area contributed by atoms with E-state index in [0.717, 1.165) is 0 Å². The van der Waals surface area contributed by atoms with Gasteiger partial charge in [-0.2, -0.15) is 0 Å². The summed E-state index contributed by atoms with van der Waals surface area (Å²) < 4.78 is 33.1. The van der Waals surface area contributed by atoms with Gasteiger partial charge in [0.05, 0.1) is 4.90 Å². The van der Waals surface area contributed by atoms with Crippen molar-refractivity contribution in [2.45, 2.75) is 4.90 Å². The Bertz CT molecular complexity index is 625. The van der Waals surface area contributed by atoms with Crippen LogP contribution in [0, 0.1) is 0 Å². The van der Waals surface area contributed by atoms with E-state index in [9.17, 15) is 13.0 Å². The van der Waals surface area contributed by atoms with Gasteiger partial charge in [0.15, 0.2) is 0 Å². The maximum Gasteiger partial charge on any atom is 1.00 e. The molecule has 0 saturated carbocycles. The molecule has 0 spiro atoms. The van der Waals surface area contributed by atoms with Crippen LogP contribution in [0.2, 0.25) is 0 Å². The van der Waals surface area contributed by atoms with Crippen LogP contribution in [0.3, 0.4) is 0 Å². The van der Waals surface area contributed by atoms with Gasteiger partial charge in [-0.25, -0.2) is 8.42 Å². The third-order valence-electron chi connectivity index (χ3n) is 2.16. The zero-order chi connectivity index (χ0) is 11.1. The van der Waals surface area contributed by atoms with Crippen molar-refractivity contribution in [2.75, 3.05) is 5.73 Å². The first-order chi connectivity index (χ1) is 7.00. The number of anilines is 1. The molecule has 0 bridgehead atoms. The molecule has 0 aliphatic carbocycles. The smallest absolute Gasteiger partial charge is 0.744 e. The zero-order valence-electron chi connectivity index (χ0n) is 8.67. The first-order valence-electron chi connectivity index (χ1n) is 4.23. The van der Waals surface area contributed by atoms with E-state index in [4.69, 9.17) is 5.73 Å². The summed E-state index contributed by atoms with van der Waals surface area (Å²) in [7, 11) is -4.54. The van der Waals surface area contributed by atoms with Gasteiger partial charge >= 0.3 is 29.6 Å². The Morgan fingerprint density at radius 2 is 1.69 bits per heavy atom. The molecular weight excluding hydrogens is 237 g/mol. The van der Waals surface area contributed by atoms with E-state index in [2.05, 4.69) is 0 Å². The average Bonchev–Trinajstić information content (AvgIpc) is 2.15. The normalized spacial score (nSPS) is 11.1. The second-order valence-corrected chi connectivity index (χ2v) is 4.48. The van der Waals surface area contributed by atoms with Crippen LogP contribution in [0.25, 0.3) is 10.8 Å². The van der Waals surface area contributed by atoms with Crippen LogP contribution < -0.4 is 35.3 Å². The van der Waals surface area contributed by atoms with Crippen molar-refractivity contribution in [1.29, 1.82) is 0 Å². The number of fused-ring (bicyclic) bond motifs is 1. The topological polar surface area (TPSA) is 83.2 Å². The molecule has 2 aromatic rings. The third kappa shape index (κ3) is 2.39. The molecule has 16 heavy (non-hydrogen) atoms. The molecule has 6 heteroatoms. The van der Waals surface area contributed by atoms with E-state index in [-0.39, 0.29) is 40.1 Å². The fraction of sp³-hybridized carbons (Fsp3) is 0. The number of hydrogen-bond acceptors (Lipinski definition) is 4. The molecule has 0 unspecified atom stereocenters. The molecule has 0 radical (unpaired) electrons. The molecule has 0 aliphatic heterocycles. The van der Waals surface area contributed by atoms with Crippen LogP contribution in [-0.4, -0.2) is 13.0 Å². The number of rotatable bonds is 1. The van der Waals surface area contributed by atoms with Gasteiger partial charge in [0.1, 0.15) is 10.1 Å². The minimum Gasteiger partial charge on any atom is -0.744 e. The van der Waals surface area contributed by atoms with Crippen LogP contribution in [-0.2, 0) is 10.1 Å². The molecule has 4 nitrogen and oxygen atoms in total. The van der Waals surface area contributed by atoms with Crippen molar-refractivity contribution in [3.63, 3.8) is 0 Å². The fourth-order valence-corrected chi connectivity index (χ4v) is 2.35. The van der Waals surface area contributed by atoms with Crippen molar-refractivity contribution in [3.8, 4) is 0 Å². The largest absolute Gasteiger partial charge is 1.00 e. The predicted molar refractivity (Wildman–Crippen MR) is 56.3 cm³/mol. The Kier molecular flexibility index (Phi) is 3.98. The van der Waals surface area contributed by atoms with Gasteiger partial charge in [0, 0.05) is 11.1 Å². The molecule has 0 heterocycles. The second kappa shape index (κ2) is 4.73. The Balaban J connectivity index is 0.00000128. The molecule has 0 amide bonds. The molecule has 2 N–H and O–H groups in total. The van der Waals surface area contributed by atoms with Crippen molar-refractivity contribution in [1.82, 2.24) is 0 Å². The van der Waals surface area contributed by atoms with Gasteiger partial charge in [-0.1, -0.05) is 30.3 Å². The predicted octanol–water partition coefficient (Wildman–Crippen LogP) is -1.67. The number of nitrogens with two attached hydrogens (primary N) is 1. The summed E-state index contributed by atoms with van der Waals surface area (Å²) in [6.07, 6.45) is 0. The van der Waals surface area contributed by atoms with E-state index in [0.29, 0.717) is 10.8 Å². The Morgan fingerprint density at radius 1 is 1.06 bits per heavy atom. The minimum absolute atomic E-state index is 0. The van der Waals surface area contributed by atoms with E-state index in [1.54, 1.807) is 30.3 Å². The molecule has 0 fully saturated rings. The molecular formula is C10H8NNaO3S. The van der Waals surface area contributed by atoms with Crippen LogP contribution in [0.5, 0.6) is 0 Å². The van der Waals surface area contributed by atoms with E-state index in [1.807, 2.05) is 0 Å². The zero-order valence-corrected chi connectivity index (χ0v) is 11.5. The van der Waals surface area contributed by atoms with E-state index < -0.39 is 10.1 Å². The molecule has 0 atom stereocenters. The quantitative estimate of drug-likeness (QED) is 0.370. The number of benzene rings is 2. The van der Waals surface area contributed by atoms with Gasteiger partial charge in [-0.3, -0.25) is 0 Å². The number of hydrogen-bond donors (Lipinski definition) is 1. The van der Waals surface area contributed by atoms with Gasteiger partial charge < -0.3 is 10.3 Å². The van der Waals surface area contributed by atoms with Crippen LogP contribution >= 0.6 is 0 Å². The van der Waals surface area contributed by atoms with Crippen molar-refractivity contribution in [2.24, 2.45) is 0 Å². The van der Waals surface area contributed by atoms with Gasteiger partial charge in [0.25, 0.3) is 0 Å². The maximum atomic E-state index is 11.0. The fourth-order valence-electron chi connectivity index (χ4n) is 1.54. The Morgan fingerprint density at radius 3 is 2.31 bits per heavy atom. The van der Waals surface area contributed by atoms with Crippen molar-refractivity contribution >= 4 is 26.6 Å². The van der Waals surface area contributed by atoms with E-state index >= 15 is 0 Å². The molecule has 2 aromatic carbocycles. The minimum atomic E-state index is -4.54. The molecule has 0 aromatic heterocycles. The van der Waals surface area contributed by atoms with Crippen LogP contribution in [0.1, 0.15) is 0 Å². The van der Waals surface area contributed by atoms with E-state index in [1.165, 1.54) is 6.07 Å².